The molecule has 2 N–H and O–H groups in total. The lowest BCUT2D eigenvalue weighted by molar-refractivity contribution is -0.144. The number of benzene rings is 2. The third kappa shape index (κ3) is 5.45. The van der Waals surface area contributed by atoms with Gasteiger partial charge in [0.15, 0.2) is 5.69 Å². The summed E-state index contributed by atoms with van der Waals surface area (Å²) in [6, 6.07) is 7.46. The van der Waals surface area contributed by atoms with Crippen LogP contribution in [0.1, 0.15) is 43.2 Å². The van der Waals surface area contributed by atoms with Gasteiger partial charge >= 0.3 is 12.1 Å². The number of nitrogens with one attached hydrogen (secondary N) is 1. The van der Waals surface area contributed by atoms with Gasteiger partial charge in [0.1, 0.15) is 5.82 Å². The van der Waals surface area contributed by atoms with E-state index in [0.717, 1.165) is 25.2 Å². The molecule has 1 heterocycles. The maximum Gasteiger partial charge on any atom is 0.433 e. The molecule has 6 nitrogen and oxygen atoms in total. The lowest BCUT2D eigenvalue weighted by Gasteiger charge is -2.12. The highest BCUT2D eigenvalue weighted by Crippen LogP contribution is 2.34. The zero-order valence-corrected chi connectivity index (χ0v) is 18.3. The number of aromatic nitrogens is 2. The third-order valence-electron chi connectivity index (χ3n) is 4.71. The first-order valence-corrected chi connectivity index (χ1v) is 10.0. The van der Waals surface area contributed by atoms with Crippen molar-refractivity contribution in [3.05, 3.63) is 85.9 Å². The van der Waals surface area contributed by atoms with Gasteiger partial charge in [0.2, 0.25) is 0 Å². The Balaban J connectivity index is 1.93. The van der Waals surface area contributed by atoms with Gasteiger partial charge in [0, 0.05) is 25.6 Å². The van der Waals surface area contributed by atoms with Gasteiger partial charge in [-0.2, -0.15) is 18.3 Å². The van der Waals surface area contributed by atoms with Crippen molar-refractivity contribution in [2.45, 2.75) is 19.1 Å². The molecule has 33 heavy (non-hydrogen) atoms. The molecule has 0 aliphatic rings. The Kier molecular flexibility index (Phi) is 6.99. The van der Waals surface area contributed by atoms with Gasteiger partial charge in [-0.3, -0.25) is 9.48 Å². The minimum absolute atomic E-state index is 0.100. The highest BCUT2D eigenvalue weighted by Gasteiger charge is 2.41. The van der Waals surface area contributed by atoms with Crippen LogP contribution in [0, 0.1) is 5.82 Å². The molecule has 0 saturated heterocycles. The molecular formula is C21H15Cl2F4N3O3. The Morgan fingerprint density at radius 1 is 1.12 bits per heavy atom. The molecule has 3 rings (SSSR count). The van der Waals surface area contributed by atoms with E-state index >= 15 is 0 Å². The van der Waals surface area contributed by atoms with E-state index < -0.39 is 41.7 Å². The molecule has 0 aliphatic heterocycles. The van der Waals surface area contributed by atoms with Crippen molar-refractivity contribution in [3.8, 4) is 0 Å². The number of alkyl halides is 3. The van der Waals surface area contributed by atoms with Crippen molar-refractivity contribution in [1.82, 2.24) is 15.1 Å². The standard InChI is InChI=1S/C21H15Cl2F4N3O3/c1-30-18(21(25,26)27)17(16(29-30)7-10-2-5-13(22)14(23)6-10)19(31)28-9-12-4-3-11(20(32)33)8-15(12)24/h2-6,8H,7,9H2,1H3,(H,28,31)(H,32,33). The molecule has 0 spiro atoms. The van der Waals surface area contributed by atoms with E-state index in [1.807, 2.05) is 0 Å². The number of nitrogens with zero attached hydrogens (tertiary/aromatic N) is 2. The number of carbonyl (C=O) groups is 2. The zero-order valence-electron chi connectivity index (χ0n) is 16.8. The SMILES string of the molecule is Cn1nc(Cc2ccc(Cl)c(Cl)c2)c(C(=O)NCc2ccc(C(=O)O)cc2F)c1C(F)(F)F. The van der Waals surface area contributed by atoms with Crippen molar-refractivity contribution >= 4 is 35.1 Å². The summed E-state index contributed by atoms with van der Waals surface area (Å²) in [5, 5.41) is 15.5. The second-order valence-electron chi connectivity index (χ2n) is 7.01. The topological polar surface area (TPSA) is 84.2 Å². The van der Waals surface area contributed by atoms with Crippen LogP contribution in [0.15, 0.2) is 36.4 Å². The number of carbonyl (C=O) groups excluding carboxylic acids is 1. The minimum atomic E-state index is -4.89. The van der Waals surface area contributed by atoms with Gasteiger partial charge in [0.25, 0.3) is 5.91 Å². The second-order valence-corrected chi connectivity index (χ2v) is 7.83. The van der Waals surface area contributed by atoms with Gasteiger partial charge in [-0.05, 0) is 29.8 Å². The summed E-state index contributed by atoms with van der Waals surface area (Å²) in [6.45, 7) is -0.469. The normalized spacial score (nSPS) is 11.5. The lowest BCUT2D eigenvalue weighted by atomic mass is 10.0. The average molecular weight is 504 g/mol. The molecule has 0 unspecified atom stereocenters. The summed E-state index contributed by atoms with van der Waals surface area (Å²) in [5.41, 5.74) is -2.08. The van der Waals surface area contributed by atoms with E-state index in [0.29, 0.717) is 10.2 Å². The molecular weight excluding hydrogens is 489 g/mol. The molecule has 0 atom stereocenters. The maximum atomic E-state index is 14.1. The fraction of sp³-hybridized carbons (Fsp3) is 0.190. The van der Waals surface area contributed by atoms with Crippen LogP contribution in [0.25, 0.3) is 0 Å². The molecule has 1 amide bonds. The lowest BCUT2D eigenvalue weighted by Crippen LogP contribution is -2.27. The largest absolute Gasteiger partial charge is 0.478 e. The number of carboxylic acid groups (broad SMARTS) is 1. The molecule has 0 saturated carbocycles. The van der Waals surface area contributed by atoms with E-state index in [4.69, 9.17) is 28.3 Å². The van der Waals surface area contributed by atoms with E-state index in [2.05, 4.69) is 10.4 Å². The number of carboxylic acids is 1. The van der Waals surface area contributed by atoms with Gasteiger partial charge in [-0.25, -0.2) is 9.18 Å². The summed E-state index contributed by atoms with van der Waals surface area (Å²) < 4.78 is 55.8. The highest BCUT2D eigenvalue weighted by molar-refractivity contribution is 6.42. The van der Waals surface area contributed by atoms with Crippen molar-refractivity contribution in [3.63, 3.8) is 0 Å². The molecule has 1 aromatic heterocycles. The molecule has 174 valence electrons. The van der Waals surface area contributed by atoms with Crippen molar-refractivity contribution in [2.24, 2.45) is 7.05 Å². The number of aromatic carboxylic acids is 1. The van der Waals surface area contributed by atoms with Gasteiger partial charge < -0.3 is 10.4 Å². The van der Waals surface area contributed by atoms with Crippen LogP contribution in [0.5, 0.6) is 0 Å². The average Bonchev–Trinajstić information content (AvgIpc) is 3.05. The quantitative estimate of drug-likeness (QED) is 0.458. The smallest absolute Gasteiger partial charge is 0.433 e. The number of aryl methyl sites for hydroxylation is 1. The van der Waals surface area contributed by atoms with E-state index in [9.17, 15) is 27.2 Å². The summed E-state index contributed by atoms with van der Waals surface area (Å²) in [5.74, 6) is -3.39. The number of rotatable bonds is 6. The Bertz CT molecular complexity index is 1240. The van der Waals surface area contributed by atoms with Crippen LogP contribution in [0.3, 0.4) is 0 Å². The van der Waals surface area contributed by atoms with E-state index in [1.54, 1.807) is 0 Å². The van der Waals surface area contributed by atoms with Crippen LogP contribution in [0.2, 0.25) is 10.0 Å². The molecule has 12 heteroatoms. The Morgan fingerprint density at radius 3 is 2.39 bits per heavy atom. The molecule has 0 radical (unpaired) electrons. The van der Waals surface area contributed by atoms with Gasteiger partial charge in [0.05, 0.1) is 26.9 Å². The van der Waals surface area contributed by atoms with E-state index in [-0.39, 0.29) is 33.3 Å². The van der Waals surface area contributed by atoms with Crippen LogP contribution in [-0.4, -0.2) is 26.8 Å². The van der Waals surface area contributed by atoms with E-state index in [1.165, 1.54) is 18.2 Å². The van der Waals surface area contributed by atoms with Crippen molar-refractivity contribution in [2.75, 3.05) is 0 Å². The number of halogens is 6. The van der Waals surface area contributed by atoms with Crippen LogP contribution in [-0.2, 0) is 26.2 Å². The first-order chi connectivity index (χ1) is 15.4. The predicted octanol–water partition coefficient (Wildman–Crippen LogP) is 5.10. The Hall–Kier alpha value is -3.11. The number of amides is 1. The molecule has 3 aromatic rings. The fourth-order valence-corrected chi connectivity index (χ4v) is 3.52. The summed E-state index contributed by atoms with van der Waals surface area (Å²) >= 11 is 11.8. The Labute approximate surface area is 194 Å². The van der Waals surface area contributed by atoms with Crippen LogP contribution < -0.4 is 5.32 Å². The Morgan fingerprint density at radius 2 is 1.82 bits per heavy atom. The maximum absolute atomic E-state index is 14.1. The molecule has 2 aromatic carbocycles. The molecule has 0 fully saturated rings. The second kappa shape index (κ2) is 9.40. The van der Waals surface area contributed by atoms with Crippen LogP contribution >= 0.6 is 23.2 Å². The summed E-state index contributed by atoms with van der Waals surface area (Å²) in [4.78, 5) is 23.7. The number of hydrogen-bond acceptors (Lipinski definition) is 3. The highest BCUT2D eigenvalue weighted by atomic mass is 35.5. The fourth-order valence-electron chi connectivity index (χ4n) is 3.20. The van der Waals surface area contributed by atoms with Crippen LogP contribution in [0.4, 0.5) is 17.6 Å². The summed E-state index contributed by atoms with van der Waals surface area (Å²) in [7, 11) is 1.06. The summed E-state index contributed by atoms with van der Waals surface area (Å²) in [6.07, 6.45) is -5.04. The van der Waals surface area contributed by atoms with Gasteiger partial charge in [-0.15, -0.1) is 0 Å². The van der Waals surface area contributed by atoms with Gasteiger partial charge in [-0.1, -0.05) is 35.3 Å². The zero-order chi connectivity index (χ0) is 24.5. The van der Waals surface area contributed by atoms with Crippen molar-refractivity contribution in [1.29, 1.82) is 0 Å². The number of hydrogen-bond donors (Lipinski definition) is 2. The minimum Gasteiger partial charge on any atom is -0.478 e. The molecule has 0 bridgehead atoms. The molecule has 0 aliphatic carbocycles. The third-order valence-corrected chi connectivity index (χ3v) is 5.45. The van der Waals surface area contributed by atoms with Crippen molar-refractivity contribution < 1.29 is 32.3 Å². The first kappa shape index (κ1) is 24.5. The first-order valence-electron chi connectivity index (χ1n) is 9.25. The monoisotopic (exact) mass is 503 g/mol. The predicted molar refractivity (Wildman–Crippen MR) is 112 cm³/mol.